The van der Waals surface area contributed by atoms with E-state index in [1.54, 1.807) is 24.3 Å². The van der Waals surface area contributed by atoms with Gasteiger partial charge in [-0.05, 0) is 50.3 Å². The number of hydrogen-bond donors (Lipinski definition) is 3. The van der Waals surface area contributed by atoms with Crippen LogP contribution < -0.4 is 15.8 Å². The van der Waals surface area contributed by atoms with Crippen LogP contribution in [0.4, 0.5) is 0 Å². The fourth-order valence-electron chi connectivity index (χ4n) is 2.50. The molecule has 0 radical (unpaired) electrons. The number of carboxylic acids is 1. The molecule has 0 aliphatic rings. The summed E-state index contributed by atoms with van der Waals surface area (Å²) in [6.07, 6.45) is 0.310. The van der Waals surface area contributed by atoms with E-state index in [9.17, 15) is 14.7 Å². The zero-order chi connectivity index (χ0) is 21.5. The van der Waals surface area contributed by atoms with Crippen LogP contribution in [-0.2, 0) is 14.3 Å². The van der Waals surface area contributed by atoms with Crippen molar-refractivity contribution in [2.75, 3.05) is 13.2 Å². The second-order valence-electron chi connectivity index (χ2n) is 9.02. The lowest BCUT2D eigenvalue weighted by atomic mass is 9.88. The van der Waals surface area contributed by atoms with Crippen molar-refractivity contribution in [3.63, 3.8) is 0 Å². The SMILES string of the molecule is CC(C)(C)C[C@H](NC(=O)[C@H](N)c1ccc(OCCOC(C)(C)C)cc1)C(=O)O. The quantitative estimate of drug-likeness (QED) is 0.556. The van der Waals surface area contributed by atoms with Crippen molar-refractivity contribution in [2.45, 2.75) is 65.6 Å². The number of carbonyl (C=O) groups is 2. The highest BCUT2D eigenvalue weighted by Gasteiger charge is 2.28. The van der Waals surface area contributed by atoms with E-state index < -0.39 is 24.0 Å². The van der Waals surface area contributed by atoms with E-state index in [0.717, 1.165) is 0 Å². The third kappa shape index (κ3) is 9.19. The van der Waals surface area contributed by atoms with Crippen LogP contribution in [0, 0.1) is 5.41 Å². The second-order valence-corrected chi connectivity index (χ2v) is 9.02. The number of hydrogen-bond acceptors (Lipinski definition) is 5. The molecule has 0 saturated heterocycles. The van der Waals surface area contributed by atoms with Crippen LogP contribution in [0.3, 0.4) is 0 Å². The molecular weight excluding hydrogens is 360 g/mol. The molecule has 0 bridgehead atoms. The molecule has 0 fully saturated rings. The Morgan fingerprint density at radius 2 is 1.64 bits per heavy atom. The largest absolute Gasteiger partial charge is 0.491 e. The molecule has 158 valence electrons. The number of nitrogens with two attached hydrogens (primary N) is 1. The molecule has 28 heavy (non-hydrogen) atoms. The number of amides is 1. The molecule has 1 aromatic rings. The standard InChI is InChI=1S/C21H34N2O5/c1-20(2,3)13-16(19(25)26)23-18(24)17(22)14-7-9-15(10-8-14)27-11-12-28-21(4,5)6/h7-10,16-17H,11-13,22H2,1-6H3,(H,23,24)(H,25,26)/t16-,17+/m0/s1. The fourth-order valence-corrected chi connectivity index (χ4v) is 2.50. The Balaban J connectivity index is 2.62. The maximum atomic E-state index is 12.4. The van der Waals surface area contributed by atoms with Crippen LogP contribution in [-0.4, -0.2) is 41.8 Å². The van der Waals surface area contributed by atoms with Crippen LogP contribution in [0.5, 0.6) is 5.75 Å². The molecule has 7 heteroatoms. The number of rotatable bonds is 9. The molecule has 0 spiro atoms. The highest BCUT2D eigenvalue weighted by molar-refractivity contribution is 5.87. The molecule has 1 aromatic carbocycles. The summed E-state index contributed by atoms with van der Waals surface area (Å²) >= 11 is 0. The predicted molar refractivity (Wildman–Crippen MR) is 108 cm³/mol. The van der Waals surface area contributed by atoms with Gasteiger partial charge >= 0.3 is 5.97 Å². The highest BCUT2D eigenvalue weighted by Crippen LogP contribution is 2.22. The molecule has 1 amide bonds. The first-order valence-electron chi connectivity index (χ1n) is 9.44. The minimum Gasteiger partial charge on any atom is -0.491 e. The van der Waals surface area contributed by atoms with Crippen molar-refractivity contribution in [3.05, 3.63) is 29.8 Å². The van der Waals surface area contributed by atoms with E-state index in [2.05, 4.69) is 5.32 Å². The molecule has 0 aliphatic carbocycles. The first kappa shape index (κ1) is 23.9. The van der Waals surface area contributed by atoms with Crippen molar-refractivity contribution in [1.29, 1.82) is 0 Å². The van der Waals surface area contributed by atoms with Crippen molar-refractivity contribution < 1.29 is 24.2 Å². The summed E-state index contributed by atoms with van der Waals surface area (Å²) in [6, 6.07) is 4.91. The second kappa shape index (κ2) is 9.89. The van der Waals surface area contributed by atoms with Gasteiger partial charge in [0.05, 0.1) is 12.2 Å². The maximum absolute atomic E-state index is 12.4. The topological polar surface area (TPSA) is 111 Å². The molecule has 2 atom stereocenters. The number of nitrogens with one attached hydrogen (secondary N) is 1. The van der Waals surface area contributed by atoms with Gasteiger partial charge in [0, 0.05) is 0 Å². The molecule has 4 N–H and O–H groups in total. The first-order chi connectivity index (χ1) is 12.8. The van der Waals surface area contributed by atoms with Crippen molar-refractivity contribution in [3.8, 4) is 5.75 Å². The average Bonchev–Trinajstić information content (AvgIpc) is 2.56. The van der Waals surface area contributed by atoms with Crippen molar-refractivity contribution in [1.82, 2.24) is 5.32 Å². The van der Waals surface area contributed by atoms with Gasteiger partial charge in [0.1, 0.15) is 24.4 Å². The molecule has 0 saturated carbocycles. The number of carboxylic acid groups (broad SMARTS) is 1. The molecule has 0 heterocycles. The van der Waals surface area contributed by atoms with E-state index in [0.29, 0.717) is 30.9 Å². The maximum Gasteiger partial charge on any atom is 0.326 e. The number of ether oxygens (including phenoxy) is 2. The lowest BCUT2D eigenvalue weighted by Crippen LogP contribution is -2.46. The third-order valence-corrected chi connectivity index (χ3v) is 3.84. The van der Waals surface area contributed by atoms with Crippen LogP contribution in [0.1, 0.15) is 59.6 Å². The van der Waals surface area contributed by atoms with Gasteiger partial charge in [-0.3, -0.25) is 4.79 Å². The molecule has 0 unspecified atom stereocenters. The van der Waals surface area contributed by atoms with Gasteiger partial charge in [0.2, 0.25) is 5.91 Å². The van der Waals surface area contributed by atoms with Gasteiger partial charge in [-0.25, -0.2) is 4.79 Å². The van der Waals surface area contributed by atoms with Crippen LogP contribution in [0.2, 0.25) is 0 Å². The molecule has 0 aliphatic heterocycles. The summed E-state index contributed by atoms with van der Waals surface area (Å²) < 4.78 is 11.2. The Morgan fingerprint density at radius 3 is 2.11 bits per heavy atom. The summed E-state index contributed by atoms with van der Waals surface area (Å²) in [4.78, 5) is 23.8. The zero-order valence-corrected chi connectivity index (χ0v) is 17.7. The van der Waals surface area contributed by atoms with Crippen LogP contribution >= 0.6 is 0 Å². The highest BCUT2D eigenvalue weighted by atomic mass is 16.5. The molecule has 0 aromatic heterocycles. The van der Waals surface area contributed by atoms with Gasteiger partial charge in [0.25, 0.3) is 0 Å². The van der Waals surface area contributed by atoms with Gasteiger partial charge in [0.15, 0.2) is 0 Å². The Bertz CT molecular complexity index is 644. The van der Waals surface area contributed by atoms with Gasteiger partial charge in [-0.15, -0.1) is 0 Å². The van der Waals surface area contributed by atoms with Crippen LogP contribution in [0.25, 0.3) is 0 Å². The summed E-state index contributed by atoms with van der Waals surface area (Å²) in [6.45, 7) is 12.6. The Morgan fingerprint density at radius 1 is 1.07 bits per heavy atom. The molecular formula is C21H34N2O5. The molecule has 7 nitrogen and oxygen atoms in total. The lowest BCUT2D eigenvalue weighted by molar-refractivity contribution is -0.142. The van der Waals surface area contributed by atoms with Crippen molar-refractivity contribution >= 4 is 11.9 Å². The normalized spacial score (nSPS) is 14.2. The summed E-state index contributed by atoms with van der Waals surface area (Å²) in [5.74, 6) is -0.953. The summed E-state index contributed by atoms with van der Waals surface area (Å²) in [7, 11) is 0. The fraction of sp³-hybridized carbons (Fsp3) is 0.619. The van der Waals surface area contributed by atoms with Crippen LogP contribution in [0.15, 0.2) is 24.3 Å². The van der Waals surface area contributed by atoms with Crippen molar-refractivity contribution in [2.24, 2.45) is 11.1 Å². The van der Waals surface area contributed by atoms with Gasteiger partial charge in [-0.2, -0.15) is 0 Å². The number of benzene rings is 1. The monoisotopic (exact) mass is 394 g/mol. The lowest BCUT2D eigenvalue weighted by Gasteiger charge is -2.25. The number of carbonyl (C=O) groups excluding carboxylic acids is 1. The van der Waals surface area contributed by atoms with Gasteiger partial charge in [-0.1, -0.05) is 32.9 Å². The van der Waals surface area contributed by atoms with E-state index in [1.165, 1.54) is 0 Å². The summed E-state index contributed by atoms with van der Waals surface area (Å²) in [5, 5.41) is 11.9. The van der Waals surface area contributed by atoms with E-state index in [-0.39, 0.29) is 11.0 Å². The predicted octanol–water partition coefficient (Wildman–Crippen LogP) is 2.89. The number of aliphatic carboxylic acids is 1. The van der Waals surface area contributed by atoms with E-state index in [1.807, 2.05) is 41.5 Å². The smallest absolute Gasteiger partial charge is 0.326 e. The zero-order valence-electron chi connectivity index (χ0n) is 17.7. The minimum atomic E-state index is -1.07. The Labute approximate surface area is 167 Å². The summed E-state index contributed by atoms with van der Waals surface area (Å²) in [5.41, 5.74) is 6.13. The van der Waals surface area contributed by atoms with E-state index >= 15 is 0 Å². The average molecular weight is 395 g/mol. The third-order valence-electron chi connectivity index (χ3n) is 3.84. The first-order valence-corrected chi connectivity index (χ1v) is 9.44. The minimum absolute atomic E-state index is 0.214. The molecule has 1 rings (SSSR count). The Kier molecular flexibility index (Phi) is 8.45. The Hall–Kier alpha value is -2.12. The van der Waals surface area contributed by atoms with E-state index in [4.69, 9.17) is 15.2 Å². The van der Waals surface area contributed by atoms with Gasteiger partial charge < -0.3 is 25.6 Å².